The first-order valence-corrected chi connectivity index (χ1v) is 9.44. The molecule has 0 amide bonds. The average Bonchev–Trinajstić information content (AvgIpc) is 2.87. The van der Waals surface area contributed by atoms with Crippen LogP contribution in [0, 0.1) is 6.92 Å². The lowest BCUT2D eigenvalue weighted by Crippen LogP contribution is -2.48. The summed E-state index contributed by atoms with van der Waals surface area (Å²) in [6.45, 7) is 4.87. The Morgan fingerprint density at radius 1 is 1.19 bits per heavy atom. The molecule has 1 aliphatic carbocycles. The number of likely N-dealkylation sites (tertiary alicyclic amines) is 1. The van der Waals surface area contributed by atoms with Gasteiger partial charge >= 0.3 is 0 Å². The van der Waals surface area contributed by atoms with E-state index < -0.39 is 6.10 Å². The van der Waals surface area contributed by atoms with Gasteiger partial charge in [-0.2, -0.15) is 0 Å². The molecule has 1 heterocycles. The van der Waals surface area contributed by atoms with E-state index in [-0.39, 0.29) is 11.5 Å². The second-order valence-electron chi connectivity index (χ2n) is 7.81. The summed E-state index contributed by atoms with van der Waals surface area (Å²) in [6.07, 6.45) is 1.39. The van der Waals surface area contributed by atoms with Crippen molar-refractivity contribution in [1.29, 1.82) is 0 Å². The van der Waals surface area contributed by atoms with Gasteiger partial charge in [-0.25, -0.2) is 0 Å². The van der Waals surface area contributed by atoms with E-state index in [0.29, 0.717) is 0 Å². The third kappa shape index (κ3) is 2.73. The van der Waals surface area contributed by atoms with Crippen molar-refractivity contribution in [2.75, 3.05) is 20.2 Å². The number of piperidine rings is 1. The van der Waals surface area contributed by atoms with Gasteiger partial charge in [0.25, 0.3) is 0 Å². The smallest absolute Gasteiger partial charge is 0.123 e. The molecule has 138 valence electrons. The minimum Gasteiger partial charge on any atom is -0.496 e. The summed E-state index contributed by atoms with van der Waals surface area (Å²) >= 11 is 0. The summed E-state index contributed by atoms with van der Waals surface area (Å²) in [7, 11) is 1.73. The second kappa shape index (κ2) is 6.69. The van der Waals surface area contributed by atoms with Gasteiger partial charge in [0.15, 0.2) is 0 Å². The predicted octanol–water partition coefficient (Wildman–Crippen LogP) is 2.91. The van der Waals surface area contributed by atoms with E-state index in [9.17, 15) is 5.11 Å². The number of nitrogens with zero attached hydrogens (tertiary/aromatic N) is 1. The van der Waals surface area contributed by atoms with Crippen LogP contribution in [0.15, 0.2) is 42.5 Å². The summed E-state index contributed by atoms with van der Waals surface area (Å²) in [5.74, 6) is 0.957. The fourth-order valence-electron chi connectivity index (χ4n) is 4.81. The van der Waals surface area contributed by atoms with Gasteiger partial charge in [-0.1, -0.05) is 36.4 Å². The van der Waals surface area contributed by atoms with Gasteiger partial charge in [0.2, 0.25) is 0 Å². The molecule has 4 heteroatoms. The van der Waals surface area contributed by atoms with Crippen LogP contribution in [0.5, 0.6) is 5.75 Å². The fourth-order valence-corrected chi connectivity index (χ4v) is 4.81. The van der Waals surface area contributed by atoms with Crippen molar-refractivity contribution in [3.8, 4) is 5.75 Å². The van der Waals surface area contributed by atoms with E-state index >= 15 is 0 Å². The number of ether oxygens (including phenoxy) is 1. The molecule has 26 heavy (non-hydrogen) atoms. The number of hydrogen-bond acceptors (Lipinski definition) is 4. The summed E-state index contributed by atoms with van der Waals surface area (Å²) < 4.78 is 5.56. The standard InChI is InChI=1S/C22H28N2O2/c1-15-7-8-16(19(13-15)26-2)14-24-11-9-22(10-12-24)18-6-4-3-5-17(18)20(23)21(22)25/h3-8,13,20-21,25H,9-12,14,23H2,1-2H3/t20-,21+/m1/s1. The molecule has 2 aliphatic rings. The molecule has 1 spiro atoms. The largest absolute Gasteiger partial charge is 0.496 e. The maximum atomic E-state index is 10.9. The molecule has 2 aromatic carbocycles. The Balaban J connectivity index is 1.52. The van der Waals surface area contributed by atoms with Gasteiger partial charge in [0.1, 0.15) is 5.75 Å². The van der Waals surface area contributed by atoms with Crippen LogP contribution in [0.2, 0.25) is 0 Å². The van der Waals surface area contributed by atoms with Gasteiger partial charge in [-0.3, -0.25) is 4.90 Å². The fraction of sp³-hybridized carbons (Fsp3) is 0.455. The van der Waals surface area contributed by atoms with Crippen molar-refractivity contribution >= 4 is 0 Å². The maximum Gasteiger partial charge on any atom is 0.123 e. The Hall–Kier alpha value is -1.88. The first kappa shape index (κ1) is 17.5. The van der Waals surface area contributed by atoms with Crippen LogP contribution < -0.4 is 10.5 Å². The highest BCUT2D eigenvalue weighted by Crippen LogP contribution is 2.50. The highest BCUT2D eigenvalue weighted by atomic mass is 16.5. The lowest BCUT2D eigenvalue weighted by molar-refractivity contribution is 0.0270. The Labute approximate surface area is 155 Å². The number of aryl methyl sites for hydroxylation is 1. The Bertz CT molecular complexity index is 796. The number of aliphatic hydroxyl groups excluding tert-OH is 1. The van der Waals surface area contributed by atoms with Crippen LogP contribution in [-0.4, -0.2) is 36.3 Å². The molecule has 0 radical (unpaired) electrons. The Morgan fingerprint density at radius 3 is 2.65 bits per heavy atom. The molecule has 4 nitrogen and oxygen atoms in total. The highest BCUT2D eigenvalue weighted by Gasteiger charge is 2.51. The number of rotatable bonds is 3. The molecule has 0 aromatic heterocycles. The molecule has 1 aliphatic heterocycles. The zero-order chi connectivity index (χ0) is 18.3. The number of hydrogen-bond donors (Lipinski definition) is 2. The van der Waals surface area contributed by atoms with E-state index in [4.69, 9.17) is 10.5 Å². The number of nitrogens with two attached hydrogens (primary N) is 1. The quantitative estimate of drug-likeness (QED) is 0.892. The maximum absolute atomic E-state index is 10.9. The minimum atomic E-state index is -0.490. The van der Waals surface area contributed by atoms with E-state index in [0.717, 1.165) is 43.8 Å². The molecular formula is C22H28N2O2. The third-order valence-electron chi connectivity index (χ3n) is 6.35. The summed E-state index contributed by atoms with van der Waals surface area (Å²) in [4.78, 5) is 2.46. The number of methoxy groups -OCH3 is 1. The molecule has 0 saturated carbocycles. The van der Waals surface area contributed by atoms with Gasteiger partial charge in [-0.05, 0) is 55.6 Å². The highest BCUT2D eigenvalue weighted by molar-refractivity contribution is 5.45. The third-order valence-corrected chi connectivity index (χ3v) is 6.35. The summed E-state index contributed by atoms with van der Waals surface area (Å²) in [5, 5.41) is 10.9. The van der Waals surface area contributed by atoms with Crippen molar-refractivity contribution in [3.05, 3.63) is 64.7 Å². The van der Waals surface area contributed by atoms with Gasteiger partial charge in [-0.15, -0.1) is 0 Å². The molecular weight excluding hydrogens is 324 g/mol. The van der Waals surface area contributed by atoms with Crippen LogP contribution in [-0.2, 0) is 12.0 Å². The van der Waals surface area contributed by atoms with Crippen molar-refractivity contribution in [1.82, 2.24) is 4.90 Å². The van der Waals surface area contributed by atoms with Gasteiger partial charge in [0.05, 0.1) is 19.3 Å². The predicted molar refractivity (Wildman–Crippen MR) is 103 cm³/mol. The van der Waals surface area contributed by atoms with Gasteiger partial charge < -0.3 is 15.6 Å². The van der Waals surface area contributed by atoms with E-state index in [1.165, 1.54) is 16.7 Å². The zero-order valence-electron chi connectivity index (χ0n) is 15.6. The number of benzene rings is 2. The monoisotopic (exact) mass is 352 g/mol. The van der Waals surface area contributed by atoms with E-state index in [2.05, 4.69) is 48.2 Å². The SMILES string of the molecule is COc1cc(C)ccc1CN1CCC2(CC1)c1ccccc1[C@@H](N)[C@@H]2O. The molecule has 2 atom stereocenters. The lowest BCUT2D eigenvalue weighted by atomic mass is 9.72. The van der Waals surface area contributed by atoms with E-state index in [1.807, 2.05) is 6.07 Å². The molecule has 2 aromatic rings. The van der Waals surface area contributed by atoms with Crippen molar-refractivity contribution in [2.45, 2.75) is 43.9 Å². The zero-order valence-corrected chi connectivity index (χ0v) is 15.6. The average molecular weight is 352 g/mol. The summed E-state index contributed by atoms with van der Waals surface area (Å²) in [6, 6.07) is 14.4. The van der Waals surface area contributed by atoms with Crippen LogP contribution in [0.25, 0.3) is 0 Å². The van der Waals surface area contributed by atoms with Crippen molar-refractivity contribution in [3.63, 3.8) is 0 Å². The van der Waals surface area contributed by atoms with E-state index in [1.54, 1.807) is 7.11 Å². The molecule has 1 saturated heterocycles. The first-order valence-electron chi connectivity index (χ1n) is 9.44. The molecule has 3 N–H and O–H groups in total. The molecule has 0 bridgehead atoms. The molecule has 1 fully saturated rings. The number of aliphatic hydroxyl groups is 1. The lowest BCUT2D eigenvalue weighted by Gasteiger charge is -2.42. The van der Waals surface area contributed by atoms with Crippen LogP contribution in [0.1, 0.15) is 41.1 Å². The number of fused-ring (bicyclic) bond motifs is 2. The topological polar surface area (TPSA) is 58.7 Å². The van der Waals surface area contributed by atoms with Crippen LogP contribution in [0.3, 0.4) is 0 Å². The normalized spacial score (nSPS) is 24.6. The Morgan fingerprint density at radius 2 is 1.92 bits per heavy atom. The van der Waals surface area contributed by atoms with Crippen molar-refractivity contribution < 1.29 is 9.84 Å². The van der Waals surface area contributed by atoms with Crippen molar-refractivity contribution in [2.24, 2.45) is 5.73 Å². The Kier molecular flexibility index (Phi) is 4.51. The molecule has 0 unspecified atom stereocenters. The van der Waals surface area contributed by atoms with Crippen LogP contribution >= 0.6 is 0 Å². The van der Waals surface area contributed by atoms with Gasteiger partial charge in [0, 0.05) is 17.5 Å². The summed E-state index contributed by atoms with van der Waals surface area (Å²) in [5.41, 5.74) is 10.9. The minimum absolute atomic E-state index is 0.191. The first-order chi connectivity index (χ1) is 12.5. The second-order valence-corrected chi connectivity index (χ2v) is 7.81. The van der Waals surface area contributed by atoms with Crippen LogP contribution in [0.4, 0.5) is 0 Å². The molecule has 4 rings (SSSR count).